The van der Waals surface area contributed by atoms with E-state index in [0.29, 0.717) is 6.54 Å². The molecule has 15 heavy (non-hydrogen) atoms. The van der Waals surface area contributed by atoms with Crippen LogP contribution in [0.2, 0.25) is 0 Å². The van der Waals surface area contributed by atoms with E-state index in [1.165, 1.54) is 0 Å². The van der Waals surface area contributed by atoms with Crippen molar-refractivity contribution in [3.8, 4) is 0 Å². The largest absolute Gasteiger partial charge is 0.353 e. The molecule has 0 saturated heterocycles. The second-order valence-electron chi connectivity index (χ2n) is 5.40. The molecule has 1 amide bonds. The van der Waals surface area contributed by atoms with Gasteiger partial charge >= 0.3 is 0 Å². The number of carbonyl (C=O) groups excluding carboxylic acids is 1. The zero-order valence-electron chi connectivity index (χ0n) is 10.3. The minimum atomic E-state index is -0.581. The van der Waals surface area contributed by atoms with Crippen molar-refractivity contribution < 1.29 is 4.79 Å². The summed E-state index contributed by atoms with van der Waals surface area (Å²) in [6.07, 6.45) is 2.71. The van der Waals surface area contributed by atoms with Crippen molar-refractivity contribution in [3.05, 3.63) is 0 Å². The standard InChI is InChI=1S/C11H23N3O/c1-10(2,14(3)4)8-13-9(15)11(12)6-5-7-11/h5-8,12H2,1-4H3,(H,13,15). The van der Waals surface area contributed by atoms with Crippen molar-refractivity contribution in [2.24, 2.45) is 5.73 Å². The van der Waals surface area contributed by atoms with Gasteiger partial charge in [0, 0.05) is 12.1 Å². The lowest BCUT2D eigenvalue weighted by molar-refractivity contribution is -0.129. The van der Waals surface area contributed by atoms with Crippen LogP contribution in [0.3, 0.4) is 0 Å². The molecule has 0 aromatic rings. The van der Waals surface area contributed by atoms with E-state index in [2.05, 4.69) is 24.1 Å². The minimum Gasteiger partial charge on any atom is -0.353 e. The van der Waals surface area contributed by atoms with Gasteiger partial charge in [-0.2, -0.15) is 0 Å². The number of nitrogens with one attached hydrogen (secondary N) is 1. The van der Waals surface area contributed by atoms with Crippen LogP contribution in [0.15, 0.2) is 0 Å². The predicted octanol–water partition coefficient (Wildman–Crippen LogP) is 0.324. The van der Waals surface area contributed by atoms with Crippen molar-refractivity contribution in [3.63, 3.8) is 0 Å². The first-order chi connectivity index (χ1) is 6.78. The normalized spacial score (nSPS) is 19.9. The lowest BCUT2D eigenvalue weighted by Crippen LogP contribution is -2.61. The Hall–Kier alpha value is -0.610. The summed E-state index contributed by atoms with van der Waals surface area (Å²) >= 11 is 0. The van der Waals surface area contributed by atoms with Gasteiger partial charge in [-0.3, -0.25) is 4.79 Å². The second kappa shape index (κ2) is 4.10. The van der Waals surface area contributed by atoms with Gasteiger partial charge in [0.2, 0.25) is 5.91 Å². The third kappa shape index (κ3) is 2.69. The Morgan fingerprint density at radius 1 is 1.47 bits per heavy atom. The molecule has 0 aromatic carbocycles. The Kier molecular flexibility index (Phi) is 3.41. The van der Waals surface area contributed by atoms with Gasteiger partial charge in [-0.15, -0.1) is 0 Å². The van der Waals surface area contributed by atoms with Crippen LogP contribution in [0.1, 0.15) is 33.1 Å². The van der Waals surface area contributed by atoms with Crippen molar-refractivity contribution >= 4 is 5.91 Å². The van der Waals surface area contributed by atoms with Crippen LogP contribution in [-0.4, -0.2) is 42.5 Å². The number of nitrogens with zero attached hydrogens (tertiary/aromatic N) is 1. The Labute approximate surface area is 92.2 Å². The van der Waals surface area contributed by atoms with Crippen LogP contribution < -0.4 is 11.1 Å². The topological polar surface area (TPSA) is 58.4 Å². The summed E-state index contributed by atoms with van der Waals surface area (Å²) in [5.74, 6) is 0.00340. The summed E-state index contributed by atoms with van der Waals surface area (Å²) in [5, 5.41) is 2.94. The Bertz CT molecular complexity index is 244. The SMILES string of the molecule is CN(C)C(C)(C)CNC(=O)C1(N)CCC1. The van der Waals surface area contributed by atoms with Crippen LogP contribution in [0.4, 0.5) is 0 Å². The highest BCUT2D eigenvalue weighted by molar-refractivity contribution is 5.87. The number of likely N-dealkylation sites (N-methyl/N-ethyl adjacent to an activating group) is 1. The Morgan fingerprint density at radius 3 is 2.33 bits per heavy atom. The molecule has 1 fully saturated rings. The summed E-state index contributed by atoms with van der Waals surface area (Å²) in [4.78, 5) is 13.9. The number of nitrogens with two attached hydrogens (primary N) is 1. The molecule has 0 radical (unpaired) electrons. The van der Waals surface area contributed by atoms with Crippen molar-refractivity contribution in [1.29, 1.82) is 0 Å². The van der Waals surface area contributed by atoms with E-state index in [4.69, 9.17) is 5.73 Å². The van der Waals surface area contributed by atoms with E-state index in [1.807, 2.05) is 14.1 Å². The minimum absolute atomic E-state index is 0.00340. The average Bonchev–Trinajstić information content (AvgIpc) is 2.10. The molecule has 3 N–H and O–H groups in total. The second-order valence-corrected chi connectivity index (χ2v) is 5.40. The smallest absolute Gasteiger partial charge is 0.240 e. The predicted molar refractivity (Wildman–Crippen MR) is 61.5 cm³/mol. The molecule has 0 aromatic heterocycles. The van der Waals surface area contributed by atoms with E-state index in [-0.39, 0.29) is 11.4 Å². The van der Waals surface area contributed by atoms with Gasteiger partial charge < -0.3 is 16.0 Å². The molecule has 88 valence electrons. The first kappa shape index (κ1) is 12.5. The van der Waals surface area contributed by atoms with Crippen LogP contribution in [0, 0.1) is 0 Å². The lowest BCUT2D eigenvalue weighted by Gasteiger charge is -2.38. The van der Waals surface area contributed by atoms with Gasteiger partial charge in [0.1, 0.15) is 0 Å². The van der Waals surface area contributed by atoms with E-state index in [9.17, 15) is 4.79 Å². The highest BCUT2D eigenvalue weighted by atomic mass is 16.2. The molecular formula is C11H23N3O. The molecule has 1 aliphatic rings. The van der Waals surface area contributed by atoms with Gasteiger partial charge in [0.15, 0.2) is 0 Å². The molecule has 0 aliphatic heterocycles. The number of hydrogen-bond donors (Lipinski definition) is 2. The van der Waals surface area contributed by atoms with Gasteiger partial charge in [-0.25, -0.2) is 0 Å². The van der Waals surface area contributed by atoms with Crippen LogP contribution in [0.5, 0.6) is 0 Å². The van der Waals surface area contributed by atoms with Crippen LogP contribution in [0.25, 0.3) is 0 Å². The van der Waals surface area contributed by atoms with Gasteiger partial charge in [-0.05, 0) is 47.2 Å². The fraction of sp³-hybridized carbons (Fsp3) is 0.909. The number of amides is 1. The summed E-state index contributed by atoms with van der Waals surface area (Å²) in [7, 11) is 4.02. The van der Waals surface area contributed by atoms with E-state index in [0.717, 1.165) is 19.3 Å². The lowest BCUT2D eigenvalue weighted by atomic mass is 9.77. The maximum Gasteiger partial charge on any atom is 0.240 e. The first-order valence-electron chi connectivity index (χ1n) is 5.53. The Balaban J connectivity index is 2.40. The zero-order valence-corrected chi connectivity index (χ0v) is 10.3. The van der Waals surface area contributed by atoms with Crippen molar-refractivity contribution in [2.75, 3.05) is 20.6 Å². The molecule has 1 saturated carbocycles. The fourth-order valence-corrected chi connectivity index (χ4v) is 1.42. The molecule has 1 aliphatic carbocycles. The monoisotopic (exact) mass is 213 g/mol. The highest BCUT2D eigenvalue weighted by Gasteiger charge is 2.40. The number of hydrogen-bond acceptors (Lipinski definition) is 3. The Morgan fingerprint density at radius 2 is 2.00 bits per heavy atom. The van der Waals surface area contributed by atoms with Crippen LogP contribution in [-0.2, 0) is 4.79 Å². The van der Waals surface area contributed by atoms with E-state index >= 15 is 0 Å². The quantitative estimate of drug-likeness (QED) is 0.707. The van der Waals surface area contributed by atoms with Crippen molar-refractivity contribution in [2.45, 2.75) is 44.2 Å². The third-order valence-corrected chi connectivity index (χ3v) is 3.59. The molecule has 4 nitrogen and oxygen atoms in total. The number of carbonyl (C=O) groups is 1. The van der Waals surface area contributed by atoms with Gasteiger partial charge in [0.25, 0.3) is 0 Å². The third-order valence-electron chi connectivity index (χ3n) is 3.59. The molecule has 4 heteroatoms. The first-order valence-corrected chi connectivity index (χ1v) is 5.53. The molecule has 0 bridgehead atoms. The maximum absolute atomic E-state index is 11.8. The van der Waals surface area contributed by atoms with E-state index in [1.54, 1.807) is 0 Å². The van der Waals surface area contributed by atoms with Crippen molar-refractivity contribution in [1.82, 2.24) is 10.2 Å². The summed E-state index contributed by atoms with van der Waals surface area (Å²) in [6.45, 7) is 4.83. The van der Waals surface area contributed by atoms with E-state index < -0.39 is 5.54 Å². The molecule has 0 spiro atoms. The molecule has 0 heterocycles. The number of rotatable bonds is 4. The maximum atomic E-state index is 11.8. The molecule has 0 unspecified atom stereocenters. The molecule has 0 atom stereocenters. The molecule has 1 rings (SSSR count). The molecular weight excluding hydrogens is 190 g/mol. The summed E-state index contributed by atoms with van der Waals surface area (Å²) < 4.78 is 0. The highest BCUT2D eigenvalue weighted by Crippen LogP contribution is 2.29. The fourth-order valence-electron chi connectivity index (χ4n) is 1.42. The van der Waals surface area contributed by atoms with Gasteiger partial charge in [-0.1, -0.05) is 0 Å². The van der Waals surface area contributed by atoms with Gasteiger partial charge in [0.05, 0.1) is 5.54 Å². The summed E-state index contributed by atoms with van der Waals surface area (Å²) in [5.41, 5.74) is 5.31. The summed E-state index contributed by atoms with van der Waals surface area (Å²) in [6, 6.07) is 0. The zero-order chi connectivity index (χ0) is 11.7. The average molecular weight is 213 g/mol. The van der Waals surface area contributed by atoms with Crippen LogP contribution >= 0.6 is 0 Å².